The summed E-state index contributed by atoms with van der Waals surface area (Å²) in [5.74, 6) is 0.0244. The highest BCUT2D eigenvalue weighted by molar-refractivity contribution is 5.95. The summed E-state index contributed by atoms with van der Waals surface area (Å²) in [6.07, 6.45) is 1.64. The third kappa shape index (κ3) is 2.03. The second-order valence-corrected chi connectivity index (χ2v) is 5.21. The molecule has 0 saturated carbocycles. The molecular formula is C15H15N3O2. The Bertz CT molecular complexity index is 605. The molecule has 2 saturated heterocycles. The topological polar surface area (TPSA) is 64.4 Å². The lowest BCUT2D eigenvalue weighted by Crippen LogP contribution is -2.56. The molecule has 2 aliphatic heterocycles. The zero-order valence-corrected chi connectivity index (χ0v) is 11.1. The third-order valence-electron chi connectivity index (χ3n) is 4.00. The number of amides is 2. The standard InChI is InChI=1S/C15H15N3O2/c16-8-11-4-1-2-5-12(11)9-17-10-14(19)18-7-3-6-13(18)15(17)20/h1-2,4-5,13H,3,6-7,9-10H2. The van der Waals surface area contributed by atoms with Crippen molar-refractivity contribution in [1.82, 2.24) is 9.80 Å². The van der Waals surface area contributed by atoms with Gasteiger partial charge in [0.1, 0.15) is 12.6 Å². The van der Waals surface area contributed by atoms with Gasteiger partial charge in [0.15, 0.2) is 0 Å². The minimum absolute atomic E-state index is 0.00911. The van der Waals surface area contributed by atoms with Gasteiger partial charge >= 0.3 is 0 Å². The number of carbonyl (C=O) groups is 2. The fourth-order valence-corrected chi connectivity index (χ4v) is 2.97. The van der Waals surface area contributed by atoms with Crippen LogP contribution in [0.1, 0.15) is 24.0 Å². The molecule has 20 heavy (non-hydrogen) atoms. The first-order valence-corrected chi connectivity index (χ1v) is 6.77. The fraction of sp³-hybridized carbons (Fsp3) is 0.400. The summed E-state index contributed by atoms with van der Waals surface area (Å²) < 4.78 is 0. The van der Waals surface area contributed by atoms with E-state index in [-0.39, 0.29) is 24.4 Å². The van der Waals surface area contributed by atoms with Gasteiger partial charge in [-0.05, 0) is 24.5 Å². The Labute approximate surface area is 117 Å². The summed E-state index contributed by atoms with van der Waals surface area (Å²) in [7, 11) is 0. The molecule has 2 aliphatic rings. The molecular weight excluding hydrogens is 254 g/mol. The Morgan fingerprint density at radius 1 is 1.30 bits per heavy atom. The van der Waals surface area contributed by atoms with Gasteiger partial charge in [-0.1, -0.05) is 18.2 Å². The smallest absolute Gasteiger partial charge is 0.246 e. The maximum atomic E-state index is 12.4. The molecule has 5 heteroatoms. The molecule has 0 radical (unpaired) electrons. The second kappa shape index (κ2) is 4.97. The van der Waals surface area contributed by atoms with E-state index in [1.165, 1.54) is 0 Å². The first-order valence-electron chi connectivity index (χ1n) is 6.77. The van der Waals surface area contributed by atoms with Gasteiger partial charge in [-0.25, -0.2) is 0 Å². The van der Waals surface area contributed by atoms with Crippen LogP contribution in [0.15, 0.2) is 24.3 Å². The van der Waals surface area contributed by atoms with Gasteiger partial charge in [0.2, 0.25) is 11.8 Å². The number of fused-ring (bicyclic) bond motifs is 1. The van der Waals surface area contributed by atoms with Crippen LogP contribution in [0.2, 0.25) is 0 Å². The van der Waals surface area contributed by atoms with Crippen molar-refractivity contribution in [2.75, 3.05) is 13.1 Å². The monoisotopic (exact) mass is 269 g/mol. The predicted molar refractivity (Wildman–Crippen MR) is 71.3 cm³/mol. The molecule has 2 fully saturated rings. The van der Waals surface area contributed by atoms with Gasteiger partial charge < -0.3 is 9.80 Å². The van der Waals surface area contributed by atoms with Crippen molar-refractivity contribution in [2.24, 2.45) is 0 Å². The Kier molecular flexibility index (Phi) is 3.15. The van der Waals surface area contributed by atoms with Gasteiger partial charge in [0.25, 0.3) is 0 Å². The summed E-state index contributed by atoms with van der Waals surface area (Å²) in [5, 5.41) is 9.09. The van der Waals surface area contributed by atoms with Crippen LogP contribution in [0.4, 0.5) is 0 Å². The summed E-state index contributed by atoms with van der Waals surface area (Å²) in [5.41, 5.74) is 1.35. The van der Waals surface area contributed by atoms with E-state index in [0.29, 0.717) is 18.7 Å². The summed E-state index contributed by atoms with van der Waals surface area (Å²) >= 11 is 0. The van der Waals surface area contributed by atoms with Crippen LogP contribution in [-0.4, -0.2) is 40.7 Å². The first kappa shape index (κ1) is 12.7. The normalized spacial score (nSPS) is 21.9. The lowest BCUT2D eigenvalue weighted by Gasteiger charge is -2.36. The highest BCUT2D eigenvalue weighted by atomic mass is 16.2. The van der Waals surface area contributed by atoms with Crippen LogP contribution in [0.5, 0.6) is 0 Å². The van der Waals surface area contributed by atoms with Crippen LogP contribution in [0.25, 0.3) is 0 Å². The van der Waals surface area contributed by atoms with Gasteiger partial charge in [-0.3, -0.25) is 9.59 Å². The molecule has 1 atom stereocenters. The third-order valence-corrected chi connectivity index (χ3v) is 4.00. The molecule has 2 heterocycles. The van der Waals surface area contributed by atoms with Gasteiger partial charge in [0, 0.05) is 13.1 Å². The first-order chi connectivity index (χ1) is 9.70. The van der Waals surface area contributed by atoms with Crippen molar-refractivity contribution in [3.8, 4) is 6.07 Å². The Morgan fingerprint density at radius 3 is 2.90 bits per heavy atom. The number of piperazine rings is 1. The lowest BCUT2D eigenvalue weighted by molar-refractivity contribution is -0.154. The molecule has 2 amide bonds. The molecule has 0 aromatic heterocycles. The molecule has 0 N–H and O–H groups in total. The quantitative estimate of drug-likeness (QED) is 0.801. The number of benzene rings is 1. The number of nitrogens with zero attached hydrogens (tertiary/aromatic N) is 3. The Morgan fingerprint density at radius 2 is 2.10 bits per heavy atom. The highest BCUT2D eigenvalue weighted by Crippen LogP contribution is 2.25. The van der Waals surface area contributed by atoms with Crippen LogP contribution in [0.3, 0.4) is 0 Å². The maximum absolute atomic E-state index is 12.4. The van der Waals surface area contributed by atoms with E-state index in [0.717, 1.165) is 18.4 Å². The largest absolute Gasteiger partial charge is 0.329 e. The minimum atomic E-state index is -0.287. The Hall–Kier alpha value is -2.35. The van der Waals surface area contributed by atoms with Gasteiger partial charge in [-0.15, -0.1) is 0 Å². The number of hydrogen-bond donors (Lipinski definition) is 0. The van der Waals surface area contributed by atoms with Crippen molar-refractivity contribution in [3.63, 3.8) is 0 Å². The summed E-state index contributed by atoms with van der Waals surface area (Å²) in [4.78, 5) is 27.7. The van der Waals surface area contributed by atoms with E-state index in [4.69, 9.17) is 5.26 Å². The van der Waals surface area contributed by atoms with Gasteiger partial charge in [-0.2, -0.15) is 5.26 Å². The molecule has 0 spiro atoms. The minimum Gasteiger partial charge on any atom is -0.329 e. The van der Waals surface area contributed by atoms with E-state index >= 15 is 0 Å². The highest BCUT2D eigenvalue weighted by Gasteiger charge is 2.41. The SMILES string of the molecule is N#Cc1ccccc1CN1CC(=O)N2CCCC2C1=O. The van der Waals surface area contributed by atoms with Crippen LogP contribution in [-0.2, 0) is 16.1 Å². The molecule has 1 unspecified atom stereocenters. The van der Waals surface area contributed by atoms with Crippen molar-refractivity contribution in [1.29, 1.82) is 5.26 Å². The number of nitriles is 1. The van der Waals surface area contributed by atoms with Gasteiger partial charge in [0.05, 0.1) is 11.6 Å². The van der Waals surface area contributed by atoms with Crippen molar-refractivity contribution in [2.45, 2.75) is 25.4 Å². The molecule has 5 nitrogen and oxygen atoms in total. The number of carbonyl (C=O) groups excluding carboxylic acids is 2. The van der Waals surface area contributed by atoms with Crippen LogP contribution in [0, 0.1) is 11.3 Å². The van der Waals surface area contributed by atoms with Crippen LogP contribution < -0.4 is 0 Å². The van der Waals surface area contributed by atoms with Crippen molar-refractivity contribution in [3.05, 3.63) is 35.4 Å². The lowest BCUT2D eigenvalue weighted by atomic mass is 10.1. The van der Waals surface area contributed by atoms with Crippen molar-refractivity contribution >= 4 is 11.8 Å². The molecule has 1 aromatic rings. The summed E-state index contributed by atoms with van der Waals surface area (Å²) in [6, 6.07) is 9.04. The van der Waals surface area contributed by atoms with E-state index < -0.39 is 0 Å². The zero-order valence-electron chi connectivity index (χ0n) is 11.1. The predicted octanol–water partition coefficient (Wildman–Crippen LogP) is 0.891. The van der Waals surface area contributed by atoms with E-state index in [1.54, 1.807) is 21.9 Å². The number of hydrogen-bond acceptors (Lipinski definition) is 3. The molecule has 3 rings (SSSR count). The van der Waals surface area contributed by atoms with Crippen LogP contribution >= 0.6 is 0 Å². The number of rotatable bonds is 2. The molecule has 1 aromatic carbocycles. The van der Waals surface area contributed by atoms with E-state index in [9.17, 15) is 9.59 Å². The summed E-state index contributed by atoms with van der Waals surface area (Å²) in [6.45, 7) is 1.14. The fourth-order valence-electron chi connectivity index (χ4n) is 2.97. The van der Waals surface area contributed by atoms with E-state index in [2.05, 4.69) is 6.07 Å². The molecule has 102 valence electrons. The Balaban J connectivity index is 1.82. The molecule has 0 aliphatic carbocycles. The average molecular weight is 269 g/mol. The zero-order chi connectivity index (χ0) is 14.1. The maximum Gasteiger partial charge on any atom is 0.246 e. The van der Waals surface area contributed by atoms with E-state index in [1.807, 2.05) is 12.1 Å². The second-order valence-electron chi connectivity index (χ2n) is 5.21. The molecule has 0 bridgehead atoms. The van der Waals surface area contributed by atoms with Crippen molar-refractivity contribution < 1.29 is 9.59 Å². The average Bonchev–Trinajstić information content (AvgIpc) is 2.95.